The smallest absolute Gasteiger partial charge is 0.328 e. The van der Waals surface area contributed by atoms with Crippen LogP contribution < -0.4 is 10.6 Å². The van der Waals surface area contributed by atoms with Crippen molar-refractivity contribution in [1.29, 1.82) is 0 Å². The van der Waals surface area contributed by atoms with Gasteiger partial charge >= 0.3 is 5.97 Å². The number of aryl methyl sites for hydroxylation is 2. The topological polar surface area (TPSA) is 84.5 Å². The Morgan fingerprint density at radius 3 is 2.37 bits per heavy atom. The van der Waals surface area contributed by atoms with E-state index in [-0.39, 0.29) is 0 Å². The van der Waals surface area contributed by atoms with Gasteiger partial charge in [0.1, 0.15) is 6.04 Å². The maximum atomic E-state index is 12.1. The first kappa shape index (κ1) is 20.5. The maximum absolute atomic E-state index is 12.1. The van der Waals surface area contributed by atoms with Gasteiger partial charge in [0.05, 0.1) is 0 Å². The molecule has 2 rings (SSSR count). The highest BCUT2D eigenvalue weighted by atomic mass is 35.5. The lowest BCUT2D eigenvalue weighted by molar-refractivity contribution is -0.148. The Kier molecular flexibility index (Phi) is 6.96. The van der Waals surface area contributed by atoms with Crippen molar-refractivity contribution in [2.45, 2.75) is 26.8 Å². The molecule has 2 amide bonds. The van der Waals surface area contributed by atoms with Crippen LogP contribution in [0.5, 0.6) is 0 Å². The standard InChI is InChI=1S/C20H21ClN2O4/c1-12-4-9-17(13(2)10-12)23-18(24)11-27-20(26)14(3)22-19(25)15-5-7-16(21)8-6-15/h4-10,14H,11H2,1-3H3,(H,22,25)(H,23,24)/t14-/m0/s1. The molecule has 0 spiro atoms. The first-order chi connectivity index (χ1) is 12.8. The molecule has 27 heavy (non-hydrogen) atoms. The Morgan fingerprint density at radius 1 is 1.07 bits per heavy atom. The molecule has 142 valence electrons. The van der Waals surface area contributed by atoms with Crippen molar-refractivity contribution in [2.75, 3.05) is 11.9 Å². The number of esters is 1. The summed E-state index contributed by atoms with van der Waals surface area (Å²) in [5.41, 5.74) is 3.03. The highest BCUT2D eigenvalue weighted by Gasteiger charge is 2.19. The van der Waals surface area contributed by atoms with E-state index in [0.29, 0.717) is 16.3 Å². The van der Waals surface area contributed by atoms with Crippen molar-refractivity contribution >= 4 is 35.1 Å². The van der Waals surface area contributed by atoms with Crippen molar-refractivity contribution in [3.05, 3.63) is 64.2 Å². The fourth-order valence-electron chi connectivity index (χ4n) is 2.34. The maximum Gasteiger partial charge on any atom is 0.328 e. The molecule has 0 aromatic heterocycles. The summed E-state index contributed by atoms with van der Waals surface area (Å²) in [6.07, 6.45) is 0. The molecule has 0 radical (unpaired) electrons. The fraction of sp³-hybridized carbons (Fsp3) is 0.250. The lowest BCUT2D eigenvalue weighted by atomic mass is 10.1. The number of hydrogen-bond acceptors (Lipinski definition) is 4. The van der Waals surface area contributed by atoms with Crippen LogP contribution in [0.4, 0.5) is 5.69 Å². The van der Waals surface area contributed by atoms with Crippen LogP contribution in [0.3, 0.4) is 0 Å². The first-order valence-electron chi connectivity index (χ1n) is 8.36. The second-order valence-electron chi connectivity index (χ2n) is 6.18. The average Bonchev–Trinajstić information content (AvgIpc) is 2.62. The highest BCUT2D eigenvalue weighted by Crippen LogP contribution is 2.15. The monoisotopic (exact) mass is 388 g/mol. The molecule has 0 fully saturated rings. The summed E-state index contributed by atoms with van der Waals surface area (Å²) in [5, 5.41) is 5.71. The molecule has 0 saturated heterocycles. The van der Waals surface area contributed by atoms with Gasteiger partial charge < -0.3 is 15.4 Å². The Labute approximate surface area is 162 Å². The SMILES string of the molecule is Cc1ccc(NC(=O)COC(=O)[C@H](C)NC(=O)c2ccc(Cl)cc2)c(C)c1. The third-order valence-electron chi connectivity index (χ3n) is 3.81. The number of halogens is 1. The second kappa shape index (κ2) is 9.19. The lowest BCUT2D eigenvalue weighted by Gasteiger charge is -2.14. The van der Waals surface area contributed by atoms with E-state index in [1.54, 1.807) is 30.3 Å². The molecule has 0 heterocycles. The van der Waals surface area contributed by atoms with Crippen LogP contribution in [0.1, 0.15) is 28.4 Å². The fourth-order valence-corrected chi connectivity index (χ4v) is 2.47. The number of nitrogens with one attached hydrogen (secondary N) is 2. The van der Waals surface area contributed by atoms with Gasteiger partial charge in [-0.15, -0.1) is 0 Å². The Hall–Kier alpha value is -2.86. The number of anilines is 1. The normalized spacial score (nSPS) is 11.4. The van der Waals surface area contributed by atoms with Gasteiger partial charge in [0.25, 0.3) is 11.8 Å². The van der Waals surface area contributed by atoms with Crippen LogP contribution >= 0.6 is 11.6 Å². The summed E-state index contributed by atoms with van der Waals surface area (Å²) in [6.45, 7) is 4.88. The van der Waals surface area contributed by atoms with E-state index < -0.39 is 30.4 Å². The van der Waals surface area contributed by atoms with Gasteiger partial charge in [-0.25, -0.2) is 4.79 Å². The number of rotatable bonds is 6. The molecule has 2 N–H and O–H groups in total. The van der Waals surface area contributed by atoms with Gasteiger partial charge in [-0.2, -0.15) is 0 Å². The third kappa shape index (κ3) is 6.11. The van der Waals surface area contributed by atoms with Crippen molar-refractivity contribution in [3.8, 4) is 0 Å². The van der Waals surface area contributed by atoms with Crippen molar-refractivity contribution in [2.24, 2.45) is 0 Å². The Balaban J connectivity index is 1.82. The zero-order valence-corrected chi connectivity index (χ0v) is 16.1. The number of carbonyl (C=O) groups excluding carboxylic acids is 3. The third-order valence-corrected chi connectivity index (χ3v) is 4.06. The second-order valence-corrected chi connectivity index (χ2v) is 6.61. The molecule has 0 aliphatic heterocycles. The molecule has 6 nitrogen and oxygen atoms in total. The van der Waals surface area contributed by atoms with E-state index in [1.165, 1.54) is 6.92 Å². The molecule has 2 aromatic carbocycles. The van der Waals surface area contributed by atoms with Gasteiger partial charge in [-0.1, -0.05) is 29.3 Å². The summed E-state index contributed by atoms with van der Waals surface area (Å²) < 4.78 is 4.97. The average molecular weight is 389 g/mol. The van der Waals surface area contributed by atoms with E-state index in [9.17, 15) is 14.4 Å². The van der Waals surface area contributed by atoms with E-state index in [0.717, 1.165) is 11.1 Å². The van der Waals surface area contributed by atoms with Crippen LogP contribution in [-0.2, 0) is 14.3 Å². The Bertz CT molecular complexity index is 850. The molecular formula is C20H21ClN2O4. The summed E-state index contributed by atoms with van der Waals surface area (Å²) in [4.78, 5) is 36.0. The molecule has 0 unspecified atom stereocenters. The van der Waals surface area contributed by atoms with Gasteiger partial charge in [0.2, 0.25) is 0 Å². The van der Waals surface area contributed by atoms with Crippen molar-refractivity contribution in [3.63, 3.8) is 0 Å². The summed E-state index contributed by atoms with van der Waals surface area (Å²) in [5.74, 6) is -1.59. The number of hydrogen-bond donors (Lipinski definition) is 2. The van der Waals surface area contributed by atoms with Crippen molar-refractivity contribution in [1.82, 2.24) is 5.32 Å². The number of ether oxygens (including phenoxy) is 1. The van der Waals surface area contributed by atoms with E-state index in [4.69, 9.17) is 16.3 Å². The van der Waals surface area contributed by atoms with Gasteiger partial charge in [0, 0.05) is 16.3 Å². The molecule has 0 bridgehead atoms. The zero-order chi connectivity index (χ0) is 20.0. The predicted octanol–water partition coefficient (Wildman–Crippen LogP) is 3.26. The number of carbonyl (C=O) groups is 3. The molecule has 0 saturated carbocycles. The number of amides is 2. The minimum Gasteiger partial charge on any atom is -0.454 e. The molecule has 1 atom stereocenters. The predicted molar refractivity (Wildman–Crippen MR) is 104 cm³/mol. The largest absolute Gasteiger partial charge is 0.454 e. The van der Waals surface area contributed by atoms with E-state index >= 15 is 0 Å². The van der Waals surface area contributed by atoms with E-state index in [1.807, 2.05) is 26.0 Å². The number of benzene rings is 2. The summed E-state index contributed by atoms with van der Waals surface area (Å²) in [7, 11) is 0. The van der Waals surface area contributed by atoms with Crippen LogP contribution in [0.15, 0.2) is 42.5 Å². The quantitative estimate of drug-likeness (QED) is 0.744. The molecule has 0 aliphatic carbocycles. The molecule has 7 heteroatoms. The van der Waals surface area contributed by atoms with Gasteiger partial charge in [-0.05, 0) is 56.7 Å². The molecule has 2 aromatic rings. The van der Waals surface area contributed by atoms with Crippen LogP contribution in [-0.4, -0.2) is 30.4 Å². The minimum absolute atomic E-state index is 0.367. The first-order valence-corrected chi connectivity index (χ1v) is 8.74. The summed E-state index contributed by atoms with van der Waals surface area (Å²) >= 11 is 5.78. The lowest BCUT2D eigenvalue weighted by Crippen LogP contribution is -2.40. The molecule has 0 aliphatic rings. The van der Waals surface area contributed by atoms with Crippen LogP contribution in [0, 0.1) is 13.8 Å². The zero-order valence-electron chi connectivity index (χ0n) is 15.3. The van der Waals surface area contributed by atoms with Gasteiger partial charge in [-0.3, -0.25) is 9.59 Å². The van der Waals surface area contributed by atoms with E-state index in [2.05, 4.69) is 10.6 Å². The van der Waals surface area contributed by atoms with Crippen LogP contribution in [0.25, 0.3) is 0 Å². The molecular weight excluding hydrogens is 368 g/mol. The van der Waals surface area contributed by atoms with Crippen molar-refractivity contribution < 1.29 is 19.1 Å². The minimum atomic E-state index is -0.901. The Morgan fingerprint density at radius 2 is 1.74 bits per heavy atom. The van der Waals surface area contributed by atoms with Crippen LogP contribution in [0.2, 0.25) is 5.02 Å². The van der Waals surface area contributed by atoms with Gasteiger partial charge in [0.15, 0.2) is 6.61 Å². The summed E-state index contributed by atoms with van der Waals surface area (Å²) in [6, 6.07) is 11.0. The highest BCUT2D eigenvalue weighted by molar-refractivity contribution is 6.30.